The quantitative estimate of drug-likeness (QED) is 0.204. The summed E-state index contributed by atoms with van der Waals surface area (Å²) >= 11 is 0. The number of hydrogen-bond acceptors (Lipinski definition) is 0. The van der Waals surface area contributed by atoms with Crippen molar-refractivity contribution in [3.8, 4) is 0 Å². The van der Waals surface area contributed by atoms with E-state index >= 15 is 0 Å². The molecule has 0 spiro atoms. The Hall–Kier alpha value is 5.44. The average molecular weight is 2710 g/mol. The summed E-state index contributed by atoms with van der Waals surface area (Å²) in [6, 6.07) is 0. The monoisotopic (exact) mass is 2710 g/mol. The second-order valence-electron chi connectivity index (χ2n) is 10.7. The molecule has 0 rings (SSSR count). The fraction of sp³-hybridized carbons (Fsp3) is 1.00. The molecule has 46 heteroatoms. The Kier molecular flexibility index (Phi) is 3430. The summed E-state index contributed by atoms with van der Waals surface area (Å²) in [6.45, 7) is 0. The average Bonchev–Trinajstić information content (AvgIpc) is 1.62. The first kappa shape index (κ1) is 648. The molecule has 0 saturated carbocycles. The van der Waals surface area contributed by atoms with Crippen LogP contribution in [0.5, 0.6) is 0 Å². The summed E-state index contributed by atoms with van der Waals surface area (Å²) in [5, 5.41) is 0. The summed E-state index contributed by atoms with van der Waals surface area (Å²) < 4.78 is 4.00. The molecule has 0 atom stereocenters. The molecule has 0 unspecified atom stereocenters. The standard InChI is InChI=1S/4C4H12N.32H2O.10W/c4*1-5(2,3)4;;;;;;;;;;;;;;;;;;;;;;;;;;;;;;;;;;;;;;;;;;/h4*1-4H3;32*1H2;;;;;;;;;;/q4*+1;;;;;;;;;;;;;;;;;;;;;;;;;;;;;;;;;;;;;;;;;;. The van der Waals surface area contributed by atoms with Gasteiger partial charge in [-0.25, -0.2) is 0 Å². The molecular formula is C16H112N4O32W10+4. The third-order valence-corrected chi connectivity index (χ3v) is 0. The molecule has 0 aromatic carbocycles. The second kappa shape index (κ2) is 328. The maximum Gasteiger partial charge on any atom is 0.0675 e. The maximum atomic E-state index is 2.12. The molecule has 0 saturated heterocycles. The van der Waals surface area contributed by atoms with Gasteiger partial charge in [-0.1, -0.05) is 0 Å². The largest absolute Gasteiger partial charge is 0.412 e. The summed E-state index contributed by atoms with van der Waals surface area (Å²) in [4.78, 5) is 0. The van der Waals surface area contributed by atoms with Crippen molar-refractivity contribution in [3.63, 3.8) is 0 Å². The molecule has 0 aromatic rings. The van der Waals surface area contributed by atoms with Crippen LogP contribution in [0, 0.1) is 0 Å². The molecule has 444 valence electrons. The molecule has 0 aliphatic carbocycles. The van der Waals surface area contributed by atoms with Gasteiger partial charge < -0.3 is 193 Å². The van der Waals surface area contributed by atoms with Crippen LogP contribution in [0.15, 0.2) is 0 Å². The maximum absolute atomic E-state index is 2.12. The van der Waals surface area contributed by atoms with Gasteiger partial charge in [-0.2, -0.15) is 0 Å². The normalized spacial score (nSPS) is 3.87. The Morgan fingerprint density at radius 1 is 0.0968 bits per heavy atom. The van der Waals surface area contributed by atoms with Crippen LogP contribution in [0.25, 0.3) is 0 Å². The Balaban J connectivity index is -0.00000000102. The van der Waals surface area contributed by atoms with Gasteiger partial charge >= 0.3 is 0 Å². The van der Waals surface area contributed by atoms with Gasteiger partial charge in [0.2, 0.25) is 0 Å². The minimum atomic E-state index is 0. The number of hydrogen-bond donors (Lipinski definition) is 0. The molecule has 0 bridgehead atoms. The Morgan fingerprint density at radius 2 is 0.0968 bits per heavy atom. The summed E-state index contributed by atoms with van der Waals surface area (Å²) in [5.74, 6) is 0. The van der Waals surface area contributed by atoms with E-state index in [1.54, 1.807) is 0 Å². The van der Waals surface area contributed by atoms with Crippen molar-refractivity contribution in [1.29, 1.82) is 0 Å². The van der Waals surface area contributed by atoms with E-state index < -0.39 is 0 Å². The summed E-state index contributed by atoms with van der Waals surface area (Å²) in [6.07, 6.45) is 0. The van der Waals surface area contributed by atoms with Crippen LogP contribution in [0.3, 0.4) is 0 Å². The van der Waals surface area contributed by atoms with Gasteiger partial charge in [0, 0.05) is 211 Å². The third-order valence-electron chi connectivity index (χ3n) is 0. The van der Waals surface area contributed by atoms with Crippen molar-refractivity contribution in [2.45, 2.75) is 0 Å². The molecular weight excluding hydrogens is 2600 g/mol. The van der Waals surface area contributed by atoms with Crippen molar-refractivity contribution in [2.75, 3.05) is 113 Å². The van der Waals surface area contributed by atoms with Gasteiger partial charge in [-0.3, -0.25) is 0 Å². The van der Waals surface area contributed by atoms with Crippen LogP contribution in [0.1, 0.15) is 0 Å². The number of quaternary nitrogens is 4. The molecule has 36 nitrogen and oxygen atoms in total. The van der Waals surface area contributed by atoms with Crippen LogP contribution < -0.4 is 0 Å². The van der Waals surface area contributed by atoms with Gasteiger partial charge in [0.05, 0.1) is 113 Å². The van der Waals surface area contributed by atoms with E-state index in [1.165, 1.54) is 0 Å². The SMILES string of the molecule is C[N+](C)(C)C.C[N+](C)(C)C.C[N+](C)(C)C.C[N+](C)(C)C.O.O.O.O.O.O.O.O.O.O.O.O.O.O.O.O.O.O.O.O.O.O.O.O.O.O.O.O.O.O.O.O.[W].[W].[W].[W].[W].[W].[W].[W].[W].[W]. The van der Waals surface area contributed by atoms with E-state index in [0.717, 1.165) is 17.9 Å². The van der Waals surface area contributed by atoms with Crippen LogP contribution in [0.4, 0.5) is 0 Å². The number of rotatable bonds is 0. The second-order valence-corrected chi connectivity index (χ2v) is 10.7. The topological polar surface area (TPSA) is 1010 Å². The summed E-state index contributed by atoms with van der Waals surface area (Å²) in [5.41, 5.74) is 0. The van der Waals surface area contributed by atoms with E-state index in [4.69, 9.17) is 0 Å². The molecule has 0 aromatic heterocycles. The van der Waals surface area contributed by atoms with Crippen LogP contribution in [-0.2, 0) is 211 Å². The van der Waals surface area contributed by atoms with Gasteiger partial charge in [0.1, 0.15) is 0 Å². The molecule has 0 fully saturated rings. The van der Waals surface area contributed by atoms with Crippen LogP contribution in [-0.4, -0.2) is 306 Å². The Morgan fingerprint density at radius 3 is 0.0968 bits per heavy atom. The molecule has 0 amide bonds. The zero-order chi connectivity index (χ0) is 18.0. The first-order chi connectivity index (χ1) is 8.00. The fourth-order valence-electron chi connectivity index (χ4n) is 0. The Labute approximate surface area is 510 Å². The van der Waals surface area contributed by atoms with E-state index in [2.05, 4.69) is 113 Å². The molecule has 0 aliphatic rings. The summed E-state index contributed by atoms with van der Waals surface area (Å²) in [7, 11) is 34.0. The van der Waals surface area contributed by atoms with E-state index in [9.17, 15) is 0 Å². The van der Waals surface area contributed by atoms with Crippen molar-refractivity contribution < 1.29 is 404 Å². The zero-order valence-corrected chi connectivity index (χ0v) is 67.2. The minimum Gasteiger partial charge on any atom is -0.412 e. The molecule has 0 aliphatic heterocycles. The van der Waals surface area contributed by atoms with E-state index in [0.29, 0.717) is 0 Å². The van der Waals surface area contributed by atoms with Gasteiger partial charge in [0.15, 0.2) is 0 Å². The third kappa shape index (κ3) is 9170. The van der Waals surface area contributed by atoms with Crippen molar-refractivity contribution in [2.24, 2.45) is 0 Å². The fourth-order valence-corrected chi connectivity index (χ4v) is 0. The Bertz CT molecular complexity index is 214. The number of nitrogens with zero attached hydrogens (tertiary/aromatic N) is 4. The first-order valence-electron chi connectivity index (χ1n) is 7.16. The molecule has 0 radical (unpaired) electrons. The first-order valence-corrected chi connectivity index (χ1v) is 7.16. The van der Waals surface area contributed by atoms with Gasteiger partial charge in [0.25, 0.3) is 0 Å². The van der Waals surface area contributed by atoms with Crippen LogP contribution >= 0.6 is 0 Å². The van der Waals surface area contributed by atoms with Gasteiger partial charge in [-0.15, -0.1) is 0 Å². The molecule has 62 heavy (non-hydrogen) atoms. The van der Waals surface area contributed by atoms with E-state index in [-0.39, 0.29) is 386 Å². The molecule has 64 N–H and O–H groups in total. The molecule has 0 heterocycles. The predicted molar refractivity (Wildman–Crippen MR) is 211 cm³/mol. The van der Waals surface area contributed by atoms with E-state index in [1.807, 2.05) is 0 Å². The van der Waals surface area contributed by atoms with Crippen molar-refractivity contribution >= 4 is 0 Å². The van der Waals surface area contributed by atoms with Crippen molar-refractivity contribution in [3.05, 3.63) is 0 Å². The smallest absolute Gasteiger partial charge is 0.0675 e. The van der Waals surface area contributed by atoms with Crippen molar-refractivity contribution in [1.82, 2.24) is 0 Å². The van der Waals surface area contributed by atoms with Gasteiger partial charge in [-0.05, 0) is 0 Å². The van der Waals surface area contributed by atoms with Crippen LogP contribution in [0.2, 0.25) is 0 Å². The predicted octanol–water partition coefficient (Wildman–Crippen LogP) is -25.1. The minimum absolute atomic E-state index is 0. The zero-order valence-electron chi connectivity index (χ0n) is 37.9.